The van der Waals surface area contributed by atoms with Crippen LogP contribution < -0.4 is 15.0 Å². The Hall–Kier alpha value is -2.68. The summed E-state index contributed by atoms with van der Waals surface area (Å²) in [6.07, 6.45) is 4.28. The van der Waals surface area contributed by atoms with E-state index in [9.17, 15) is 4.79 Å². The van der Waals surface area contributed by atoms with E-state index in [4.69, 9.17) is 14.4 Å². The third-order valence-electron chi connectivity index (χ3n) is 5.54. The fourth-order valence-corrected chi connectivity index (χ4v) is 3.67. The normalized spacial score (nSPS) is 14.8. The molecule has 31 heavy (non-hydrogen) atoms. The van der Waals surface area contributed by atoms with E-state index in [1.807, 2.05) is 0 Å². The molecular formula is C22H33N5O4. The minimum Gasteiger partial charge on any atom is -0.478 e. The van der Waals surface area contributed by atoms with Gasteiger partial charge >= 0.3 is 6.01 Å². The lowest BCUT2D eigenvalue weighted by Crippen LogP contribution is -2.34. The maximum absolute atomic E-state index is 12.0. The molecule has 170 valence electrons. The van der Waals surface area contributed by atoms with Crippen molar-refractivity contribution < 1.29 is 19.2 Å². The lowest BCUT2D eigenvalue weighted by Gasteiger charge is -2.30. The summed E-state index contributed by atoms with van der Waals surface area (Å²) in [5.74, 6) is 1.99. The second-order valence-electron chi connectivity index (χ2n) is 8.27. The summed E-state index contributed by atoms with van der Waals surface area (Å²) in [5.41, 5.74) is 1.11. The molecule has 0 atom stereocenters. The average molecular weight is 432 g/mol. The molecule has 2 N–H and O–H groups in total. The summed E-state index contributed by atoms with van der Waals surface area (Å²) in [6.45, 7) is 8.51. The number of ether oxygens (including phenoxy) is 1. The summed E-state index contributed by atoms with van der Waals surface area (Å²) in [7, 11) is 0. The Morgan fingerprint density at radius 2 is 2.10 bits per heavy atom. The molecule has 2 aromatic heterocycles. The molecule has 1 aliphatic heterocycles. The highest BCUT2D eigenvalue weighted by Crippen LogP contribution is 2.26. The summed E-state index contributed by atoms with van der Waals surface area (Å²) >= 11 is 0. The SMILES string of the molecule is Cc1nc(OCCCC2CCN(c3nc(C(C)C)no3)CC2)ccc1C(=O)NCCO. The van der Waals surface area contributed by atoms with Crippen LogP contribution >= 0.6 is 0 Å². The van der Waals surface area contributed by atoms with Gasteiger partial charge in [-0.15, -0.1) is 0 Å². The molecule has 0 aromatic carbocycles. The number of carbonyl (C=O) groups is 1. The van der Waals surface area contributed by atoms with Gasteiger partial charge in [-0.05, 0) is 44.6 Å². The molecule has 3 rings (SSSR count). The molecule has 9 nitrogen and oxygen atoms in total. The van der Waals surface area contributed by atoms with Gasteiger partial charge in [0.05, 0.1) is 24.5 Å². The Kier molecular flexibility index (Phi) is 8.22. The summed E-state index contributed by atoms with van der Waals surface area (Å²) < 4.78 is 11.2. The van der Waals surface area contributed by atoms with Gasteiger partial charge in [-0.3, -0.25) is 4.79 Å². The van der Waals surface area contributed by atoms with Crippen LogP contribution in [0.5, 0.6) is 5.88 Å². The Morgan fingerprint density at radius 3 is 2.74 bits per heavy atom. The van der Waals surface area contributed by atoms with Gasteiger partial charge in [-0.1, -0.05) is 19.0 Å². The predicted molar refractivity (Wildman–Crippen MR) is 116 cm³/mol. The van der Waals surface area contributed by atoms with Gasteiger partial charge < -0.3 is 24.6 Å². The molecular weight excluding hydrogens is 398 g/mol. The molecule has 1 aliphatic rings. The van der Waals surface area contributed by atoms with Crippen molar-refractivity contribution in [1.29, 1.82) is 0 Å². The van der Waals surface area contributed by atoms with Crippen LogP contribution in [0.4, 0.5) is 6.01 Å². The number of aromatic nitrogens is 3. The van der Waals surface area contributed by atoms with Crippen LogP contribution in [-0.4, -0.2) is 59.0 Å². The van der Waals surface area contributed by atoms with Crippen molar-refractivity contribution in [1.82, 2.24) is 20.4 Å². The highest BCUT2D eigenvalue weighted by Gasteiger charge is 2.23. The van der Waals surface area contributed by atoms with E-state index in [1.54, 1.807) is 19.1 Å². The van der Waals surface area contributed by atoms with Crippen LogP contribution in [0.2, 0.25) is 0 Å². The fourth-order valence-electron chi connectivity index (χ4n) is 3.67. The maximum Gasteiger partial charge on any atom is 0.324 e. The number of aliphatic hydroxyl groups excluding tert-OH is 1. The number of aryl methyl sites for hydroxylation is 1. The van der Waals surface area contributed by atoms with Crippen LogP contribution in [0.25, 0.3) is 0 Å². The Morgan fingerprint density at radius 1 is 1.32 bits per heavy atom. The molecule has 9 heteroatoms. The first-order valence-corrected chi connectivity index (χ1v) is 11.1. The molecule has 0 aliphatic carbocycles. The monoisotopic (exact) mass is 431 g/mol. The zero-order chi connectivity index (χ0) is 22.2. The minimum absolute atomic E-state index is 0.0888. The van der Waals surface area contributed by atoms with Gasteiger partial charge in [-0.2, -0.15) is 4.98 Å². The van der Waals surface area contributed by atoms with E-state index < -0.39 is 0 Å². The minimum atomic E-state index is -0.238. The highest BCUT2D eigenvalue weighted by molar-refractivity contribution is 5.95. The molecule has 1 amide bonds. The number of nitrogens with zero attached hydrogens (tertiary/aromatic N) is 4. The first-order valence-electron chi connectivity index (χ1n) is 11.1. The van der Waals surface area contributed by atoms with E-state index in [0.29, 0.717) is 35.7 Å². The molecule has 2 aromatic rings. The molecule has 0 saturated carbocycles. The number of anilines is 1. The van der Waals surface area contributed by atoms with Gasteiger partial charge in [0.1, 0.15) is 0 Å². The molecule has 3 heterocycles. The van der Waals surface area contributed by atoms with Crippen LogP contribution in [-0.2, 0) is 0 Å². The second kappa shape index (κ2) is 11.1. The van der Waals surface area contributed by atoms with Gasteiger partial charge in [0.25, 0.3) is 5.91 Å². The van der Waals surface area contributed by atoms with E-state index in [-0.39, 0.29) is 25.0 Å². The number of pyridine rings is 1. The number of hydrogen-bond donors (Lipinski definition) is 2. The third-order valence-corrected chi connectivity index (χ3v) is 5.54. The van der Waals surface area contributed by atoms with Crippen molar-refractivity contribution >= 4 is 11.9 Å². The zero-order valence-electron chi connectivity index (χ0n) is 18.6. The van der Waals surface area contributed by atoms with Crippen LogP contribution in [0.15, 0.2) is 16.7 Å². The first-order chi connectivity index (χ1) is 15.0. The lowest BCUT2D eigenvalue weighted by atomic mass is 9.92. The Labute approximate surface area is 183 Å². The number of hydrogen-bond acceptors (Lipinski definition) is 8. The molecule has 0 spiro atoms. The Bertz CT molecular complexity index is 846. The van der Waals surface area contributed by atoms with Crippen molar-refractivity contribution in [2.75, 3.05) is 37.7 Å². The molecule has 0 unspecified atom stereocenters. The molecule has 0 bridgehead atoms. The molecule has 1 fully saturated rings. The quantitative estimate of drug-likeness (QED) is 0.552. The van der Waals surface area contributed by atoms with E-state index >= 15 is 0 Å². The van der Waals surface area contributed by atoms with Crippen molar-refractivity contribution in [2.24, 2.45) is 5.92 Å². The first kappa shape index (κ1) is 23.0. The summed E-state index contributed by atoms with van der Waals surface area (Å²) in [4.78, 5) is 23.0. The average Bonchev–Trinajstić information content (AvgIpc) is 3.26. The smallest absolute Gasteiger partial charge is 0.324 e. The maximum atomic E-state index is 12.0. The van der Waals surface area contributed by atoms with Crippen molar-refractivity contribution in [3.05, 3.63) is 29.2 Å². The van der Waals surface area contributed by atoms with Gasteiger partial charge in [0, 0.05) is 31.6 Å². The fraction of sp³-hybridized carbons (Fsp3) is 0.636. The molecule has 0 radical (unpaired) electrons. The van der Waals surface area contributed by atoms with Gasteiger partial charge in [0.15, 0.2) is 5.82 Å². The van der Waals surface area contributed by atoms with Crippen LogP contribution in [0.3, 0.4) is 0 Å². The van der Waals surface area contributed by atoms with Gasteiger partial charge in [0.2, 0.25) is 5.88 Å². The highest BCUT2D eigenvalue weighted by atomic mass is 16.5. The predicted octanol–water partition coefficient (Wildman–Crippen LogP) is 2.69. The van der Waals surface area contributed by atoms with Crippen LogP contribution in [0.1, 0.15) is 67.3 Å². The second-order valence-corrected chi connectivity index (χ2v) is 8.27. The molecule has 1 saturated heterocycles. The summed E-state index contributed by atoms with van der Waals surface area (Å²) in [6, 6.07) is 4.07. The largest absolute Gasteiger partial charge is 0.478 e. The van der Waals surface area contributed by atoms with E-state index in [0.717, 1.165) is 44.6 Å². The van der Waals surface area contributed by atoms with Crippen LogP contribution in [0, 0.1) is 12.8 Å². The van der Waals surface area contributed by atoms with E-state index in [2.05, 4.69) is 39.2 Å². The van der Waals surface area contributed by atoms with E-state index in [1.165, 1.54) is 0 Å². The lowest BCUT2D eigenvalue weighted by molar-refractivity contribution is 0.0943. The standard InChI is InChI=1S/C22H33N5O4/c1-15(2)20-25-22(31-26-20)27-11-8-17(9-12-27)5-4-14-30-19-7-6-18(16(3)24-19)21(29)23-10-13-28/h6-7,15,17,28H,4-5,8-14H2,1-3H3,(H,23,29). The number of rotatable bonds is 10. The van der Waals surface area contributed by atoms with Crippen molar-refractivity contribution in [3.8, 4) is 5.88 Å². The van der Waals surface area contributed by atoms with Crippen molar-refractivity contribution in [3.63, 3.8) is 0 Å². The number of nitrogens with one attached hydrogen (secondary N) is 1. The topological polar surface area (TPSA) is 114 Å². The van der Waals surface area contributed by atoms with Crippen molar-refractivity contribution in [2.45, 2.75) is 52.4 Å². The third kappa shape index (κ3) is 6.40. The number of piperidine rings is 1. The zero-order valence-corrected chi connectivity index (χ0v) is 18.6. The number of carbonyl (C=O) groups excluding carboxylic acids is 1. The number of aliphatic hydroxyl groups is 1. The van der Waals surface area contributed by atoms with Gasteiger partial charge in [-0.25, -0.2) is 4.98 Å². The number of amides is 1. The Balaban J connectivity index is 1.36. The summed E-state index contributed by atoms with van der Waals surface area (Å²) in [5, 5.41) is 15.5.